The molecule has 0 aliphatic rings. The quantitative estimate of drug-likeness (QED) is 0.921. The zero-order chi connectivity index (χ0) is 16.1. The van der Waals surface area contributed by atoms with Crippen LogP contribution in [0.25, 0.3) is 0 Å². The van der Waals surface area contributed by atoms with E-state index in [1.807, 2.05) is 50.8 Å². The minimum Gasteiger partial charge on any atom is -0.341 e. The lowest BCUT2D eigenvalue weighted by atomic mass is 10.1. The minimum atomic E-state index is -0.200. The molecule has 0 aliphatic carbocycles. The van der Waals surface area contributed by atoms with E-state index in [2.05, 4.69) is 15.3 Å². The number of carbonyl (C=O) groups is 1. The summed E-state index contributed by atoms with van der Waals surface area (Å²) in [5.74, 6) is 0.446. The molecule has 1 aromatic carbocycles. The lowest BCUT2D eigenvalue weighted by Crippen LogP contribution is -2.24. The van der Waals surface area contributed by atoms with E-state index in [1.165, 1.54) is 5.56 Å². The van der Waals surface area contributed by atoms with E-state index in [4.69, 9.17) is 0 Å². The summed E-state index contributed by atoms with van der Waals surface area (Å²) in [6.45, 7) is 9.84. The first kappa shape index (κ1) is 15.9. The highest BCUT2D eigenvalue weighted by atomic mass is 16.1. The van der Waals surface area contributed by atoms with Crippen molar-refractivity contribution in [1.29, 1.82) is 0 Å². The van der Waals surface area contributed by atoms with Crippen molar-refractivity contribution in [1.82, 2.24) is 9.97 Å². The van der Waals surface area contributed by atoms with Crippen LogP contribution in [-0.2, 0) is 0 Å². The highest BCUT2D eigenvalue weighted by molar-refractivity contribution is 6.03. The molecule has 5 nitrogen and oxygen atoms in total. The van der Waals surface area contributed by atoms with Crippen LogP contribution in [0.15, 0.2) is 30.6 Å². The Morgan fingerprint density at radius 2 is 1.73 bits per heavy atom. The van der Waals surface area contributed by atoms with E-state index in [0.29, 0.717) is 11.5 Å². The minimum absolute atomic E-state index is 0.200. The van der Waals surface area contributed by atoms with Crippen LogP contribution in [0.1, 0.15) is 35.3 Å². The summed E-state index contributed by atoms with van der Waals surface area (Å²) in [5, 5.41) is 2.87. The maximum Gasteiger partial charge on any atom is 0.258 e. The predicted octanol–water partition coefficient (Wildman–Crippen LogP) is 3.19. The summed E-state index contributed by atoms with van der Waals surface area (Å²) < 4.78 is 0. The Bertz CT molecular complexity index is 648. The number of nitrogens with one attached hydrogen (secondary N) is 1. The maximum absolute atomic E-state index is 12.2. The number of nitrogens with zero attached hydrogens (tertiary/aromatic N) is 3. The molecule has 0 aliphatic heterocycles. The molecule has 1 amide bonds. The molecule has 0 fully saturated rings. The van der Waals surface area contributed by atoms with Crippen molar-refractivity contribution in [3.63, 3.8) is 0 Å². The summed E-state index contributed by atoms with van der Waals surface area (Å²) in [7, 11) is 0. The van der Waals surface area contributed by atoms with Gasteiger partial charge in [0, 0.05) is 31.2 Å². The third kappa shape index (κ3) is 3.61. The first-order valence-corrected chi connectivity index (χ1v) is 7.50. The predicted molar refractivity (Wildman–Crippen MR) is 89.5 cm³/mol. The summed E-state index contributed by atoms with van der Waals surface area (Å²) >= 11 is 0. The number of amides is 1. The van der Waals surface area contributed by atoms with Gasteiger partial charge in [-0.3, -0.25) is 4.79 Å². The highest BCUT2D eigenvalue weighted by Crippen LogP contribution is 2.15. The number of carbonyl (C=O) groups excluding carboxylic acids is 1. The van der Waals surface area contributed by atoms with E-state index in [9.17, 15) is 4.79 Å². The van der Waals surface area contributed by atoms with Crippen molar-refractivity contribution < 1.29 is 4.79 Å². The van der Waals surface area contributed by atoms with Gasteiger partial charge in [-0.25, -0.2) is 9.97 Å². The van der Waals surface area contributed by atoms with Crippen LogP contribution in [-0.4, -0.2) is 29.0 Å². The smallest absolute Gasteiger partial charge is 0.258 e. The van der Waals surface area contributed by atoms with Crippen LogP contribution >= 0.6 is 0 Å². The summed E-state index contributed by atoms with van der Waals surface area (Å²) in [6, 6.07) is 5.84. The third-order valence-corrected chi connectivity index (χ3v) is 3.71. The molecule has 0 radical (unpaired) electrons. The molecule has 0 saturated heterocycles. The standard InChI is InChI=1S/C17H22N4O/c1-5-21(6-2)17-18-10-14(11-19-17)16(22)20-15-8-7-12(3)13(4)9-15/h7-11H,5-6H2,1-4H3,(H,20,22). The van der Waals surface area contributed by atoms with Gasteiger partial charge in [-0.15, -0.1) is 0 Å². The van der Waals surface area contributed by atoms with Gasteiger partial charge in [0.15, 0.2) is 0 Å². The van der Waals surface area contributed by atoms with Gasteiger partial charge in [0.2, 0.25) is 5.95 Å². The molecular formula is C17H22N4O. The van der Waals surface area contributed by atoms with Crippen LogP contribution in [0, 0.1) is 13.8 Å². The maximum atomic E-state index is 12.2. The molecule has 116 valence electrons. The second-order valence-corrected chi connectivity index (χ2v) is 5.20. The molecule has 0 bridgehead atoms. The normalized spacial score (nSPS) is 10.4. The van der Waals surface area contributed by atoms with Gasteiger partial charge in [0.1, 0.15) is 0 Å². The molecule has 0 saturated carbocycles. The zero-order valence-corrected chi connectivity index (χ0v) is 13.6. The molecule has 1 heterocycles. The third-order valence-electron chi connectivity index (χ3n) is 3.71. The van der Waals surface area contributed by atoms with E-state index in [-0.39, 0.29) is 5.91 Å². The molecule has 2 rings (SSSR count). The van der Waals surface area contributed by atoms with Crippen LogP contribution in [0.4, 0.5) is 11.6 Å². The van der Waals surface area contributed by atoms with Crippen LogP contribution in [0.3, 0.4) is 0 Å². The number of aromatic nitrogens is 2. The van der Waals surface area contributed by atoms with E-state index in [0.717, 1.165) is 24.3 Å². The van der Waals surface area contributed by atoms with Crippen LogP contribution < -0.4 is 10.2 Å². The number of rotatable bonds is 5. The van der Waals surface area contributed by atoms with Gasteiger partial charge < -0.3 is 10.2 Å². The highest BCUT2D eigenvalue weighted by Gasteiger charge is 2.10. The van der Waals surface area contributed by atoms with Crippen molar-refractivity contribution in [3.8, 4) is 0 Å². The molecular weight excluding hydrogens is 276 g/mol. The number of aryl methyl sites for hydroxylation is 2. The zero-order valence-electron chi connectivity index (χ0n) is 13.6. The van der Waals surface area contributed by atoms with Gasteiger partial charge in [0.05, 0.1) is 5.56 Å². The number of hydrogen-bond acceptors (Lipinski definition) is 4. The van der Waals surface area contributed by atoms with Gasteiger partial charge in [-0.05, 0) is 51.0 Å². The van der Waals surface area contributed by atoms with Gasteiger partial charge in [-0.2, -0.15) is 0 Å². The van der Waals surface area contributed by atoms with Gasteiger partial charge in [0.25, 0.3) is 5.91 Å². The first-order chi connectivity index (χ1) is 10.5. The SMILES string of the molecule is CCN(CC)c1ncc(C(=O)Nc2ccc(C)c(C)c2)cn1. The van der Waals surface area contributed by atoms with E-state index >= 15 is 0 Å². The summed E-state index contributed by atoms with van der Waals surface area (Å²) in [5.41, 5.74) is 3.57. The van der Waals surface area contributed by atoms with Crippen LogP contribution in [0.2, 0.25) is 0 Å². The monoisotopic (exact) mass is 298 g/mol. The summed E-state index contributed by atoms with van der Waals surface area (Å²) in [6.07, 6.45) is 3.13. The van der Waals surface area contributed by atoms with Gasteiger partial charge in [-0.1, -0.05) is 6.07 Å². The lowest BCUT2D eigenvalue weighted by molar-refractivity contribution is 0.102. The lowest BCUT2D eigenvalue weighted by Gasteiger charge is -2.18. The van der Waals surface area contributed by atoms with Crippen molar-refractivity contribution in [2.75, 3.05) is 23.3 Å². The molecule has 1 N–H and O–H groups in total. The summed E-state index contributed by atoms with van der Waals surface area (Å²) in [4.78, 5) is 22.8. The second-order valence-electron chi connectivity index (χ2n) is 5.20. The molecule has 0 spiro atoms. The Kier molecular flexibility index (Phi) is 5.09. The Morgan fingerprint density at radius 1 is 1.09 bits per heavy atom. The topological polar surface area (TPSA) is 58.1 Å². The molecule has 5 heteroatoms. The van der Waals surface area contributed by atoms with Crippen molar-refractivity contribution >= 4 is 17.5 Å². The average Bonchev–Trinajstić information content (AvgIpc) is 2.53. The number of hydrogen-bond donors (Lipinski definition) is 1. The van der Waals surface area contributed by atoms with E-state index in [1.54, 1.807) is 12.4 Å². The van der Waals surface area contributed by atoms with Crippen molar-refractivity contribution in [3.05, 3.63) is 47.3 Å². The second kappa shape index (κ2) is 7.02. The largest absolute Gasteiger partial charge is 0.341 e. The van der Waals surface area contributed by atoms with Crippen molar-refractivity contribution in [2.24, 2.45) is 0 Å². The first-order valence-electron chi connectivity index (χ1n) is 7.50. The molecule has 1 aromatic heterocycles. The van der Waals surface area contributed by atoms with Gasteiger partial charge >= 0.3 is 0 Å². The molecule has 0 unspecified atom stereocenters. The Labute approximate surface area is 131 Å². The molecule has 2 aromatic rings. The fourth-order valence-corrected chi connectivity index (χ4v) is 2.13. The average molecular weight is 298 g/mol. The fourth-order valence-electron chi connectivity index (χ4n) is 2.13. The Hall–Kier alpha value is -2.43. The number of benzene rings is 1. The Balaban J connectivity index is 2.11. The van der Waals surface area contributed by atoms with E-state index < -0.39 is 0 Å². The van der Waals surface area contributed by atoms with Crippen LogP contribution in [0.5, 0.6) is 0 Å². The Morgan fingerprint density at radius 3 is 2.27 bits per heavy atom. The molecule has 0 atom stereocenters. The van der Waals surface area contributed by atoms with Crippen molar-refractivity contribution in [2.45, 2.75) is 27.7 Å². The molecule has 22 heavy (non-hydrogen) atoms. The number of anilines is 2. The fraction of sp³-hybridized carbons (Fsp3) is 0.353.